The molecule has 1 amide bonds. The lowest BCUT2D eigenvalue weighted by Crippen LogP contribution is -2.26. The maximum atomic E-state index is 13.1. The van der Waals surface area contributed by atoms with E-state index in [2.05, 4.69) is 10.3 Å². The van der Waals surface area contributed by atoms with E-state index in [0.29, 0.717) is 12.0 Å². The number of hydrogen-bond acceptors (Lipinski definition) is 2. The van der Waals surface area contributed by atoms with Gasteiger partial charge in [-0.1, -0.05) is 6.07 Å². The number of aromatic nitrogens is 1. The summed E-state index contributed by atoms with van der Waals surface area (Å²) >= 11 is 0. The third kappa shape index (κ3) is 4.34. The second-order valence-corrected chi connectivity index (χ2v) is 4.82. The van der Waals surface area contributed by atoms with Crippen LogP contribution in [0.2, 0.25) is 0 Å². The molecule has 3 nitrogen and oxygen atoms in total. The topological polar surface area (TPSA) is 42.0 Å². The third-order valence-corrected chi connectivity index (χ3v) is 3.21. The second-order valence-electron chi connectivity index (χ2n) is 4.82. The maximum Gasteiger partial charge on any atom is 0.220 e. The summed E-state index contributed by atoms with van der Waals surface area (Å²) in [6.07, 6.45) is 3.92. The number of aryl methyl sites for hydroxylation is 1. The molecule has 0 fully saturated rings. The Hall–Kier alpha value is -2.30. The molecule has 0 saturated carbocycles. The molecule has 0 aliphatic rings. The highest BCUT2D eigenvalue weighted by atomic mass is 19.2. The van der Waals surface area contributed by atoms with Crippen molar-refractivity contribution in [1.82, 2.24) is 10.3 Å². The van der Waals surface area contributed by atoms with E-state index in [0.717, 1.165) is 17.7 Å². The van der Waals surface area contributed by atoms with Gasteiger partial charge in [0.05, 0.1) is 6.04 Å². The predicted octanol–water partition coefficient (Wildman–Crippen LogP) is 3.17. The summed E-state index contributed by atoms with van der Waals surface area (Å²) in [6.45, 7) is 1.88. The molecule has 5 heteroatoms. The van der Waals surface area contributed by atoms with Gasteiger partial charge in [-0.25, -0.2) is 8.78 Å². The van der Waals surface area contributed by atoms with Crippen LogP contribution in [0.1, 0.15) is 30.5 Å². The molecular formula is C16H16F2N2O. The minimum absolute atomic E-state index is 0.120. The van der Waals surface area contributed by atoms with E-state index in [-0.39, 0.29) is 18.4 Å². The van der Waals surface area contributed by atoms with Crippen molar-refractivity contribution in [3.05, 3.63) is 65.5 Å². The molecule has 21 heavy (non-hydrogen) atoms. The Labute approximate surface area is 122 Å². The quantitative estimate of drug-likeness (QED) is 0.919. The van der Waals surface area contributed by atoms with Gasteiger partial charge in [-0.05, 0) is 48.7 Å². The molecule has 2 rings (SSSR count). The largest absolute Gasteiger partial charge is 0.350 e. The third-order valence-electron chi connectivity index (χ3n) is 3.21. The molecule has 1 heterocycles. The van der Waals surface area contributed by atoms with Gasteiger partial charge >= 0.3 is 0 Å². The highest BCUT2D eigenvalue weighted by Gasteiger charge is 2.10. The molecular weight excluding hydrogens is 274 g/mol. The molecule has 0 spiro atoms. The van der Waals surface area contributed by atoms with Gasteiger partial charge in [0.25, 0.3) is 0 Å². The molecule has 1 aromatic heterocycles. The Morgan fingerprint density at radius 3 is 2.57 bits per heavy atom. The van der Waals surface area contributed by atoms with Gasteiger partial charge in [-0.3, -0.25) is 9.78 Å². The van der Waals surface area contributed by atoms with Crippen molar-refractivity contribution in [3.63, 3.8) is 0 Å². The molecule has 1 N–H and O–H groups in total. The summed E-state index contributed by atoms with van der Waals surface area (Å²) < 4.78 is 25.9. The first-order chi connectivity index (χ1) is 10.1. The first-order valence-electron chi connectivity index (χ1n) is 6.69. The lowest BCUT2D eigenvalue weighted by atomic mass is 10.1. The van der Waals surface area contributed by atoms with Crippen LogP contribution in [0.3, 0.4) is 0 Å². The normalized spacial score (nSPS) is 12.0. The van der Waals surface area contributed by atoms with E-state index in [1.165, 1.54) is 6.07 Å². The van der Waals surface area contributed by atoms with Crippen LogP contribution < -0.4 is 5.32 Å². The predicted molar refractivity (Wildman–Crippen MR) is 75.5 cm³/mol. The zero-order valence-electron chi connectivity index (χ0n) is 11.6. The molecule has 0 aliphatic heterocycles. The zero-order chi connectivity index (χ0) is 15.2. The van der Waals surface area contributed by atoms with Gasteiger partial charge in [0.15, 0.2) is 11.6 Å². The van der Waals surface area contributed by atoms with Crippen molar-refractivity contribution in [2.45, 2.75) is 25.8 Å². The van der Waals surface area contributed by atoms with Gasteiger partial charge in [-0.2, -0.15) is 0 Å². The van der Waals surface area contributed by atoms with Crippen molar-refractivity contribution in [1.29, 1.82) is 0 Å². The van der Waals surface area contributed by atoms with Crippen molar-refractivity contribution >= 4 is 5.91 Å². The zero-order valence-corrected chi connectivity index (χ0v) is 11.6. The summed E-state index contributed by atoms with van der Waals surface area (Å²) in [5, 5.41) is 2.86. The van der Waals surface area contributed by atoms with Crippen molar-refractivity contribution in [3.8, 4) is 0 Å². The standard InChI is InChI=1S/C16H16F2N2O/c1-11(13-6-8-19-9-7-13)20-16(21)5-3-12-2-4-14(17)15(18)10-12/h2,4,6-11H,3,5H2,1H3,(H,20,21)/t11-/m0/s1. The van der Waals surface area contributed by atoms with Crippen LogP contribution >= 0.6 is 0 Å². The Bertz CT molecular complexity index is 617. The summed E-state index contributed by atoms with van der Waals surface area (Å²) in [6, 6.07) is 7.22. The van der Waals surface area contributed by atoms with E-state index in [1.54, 1.807) is 12.4 Å². The van der Waals surface area contributed by atoms with Crippen LogP contribution in [0.15, 0.2) is 42.7 Å². The fraction of sp³-hybridized carbons (Fsp3) is 0.250. The highest BCUT2D eigenvalue weighted by molar-refractivity contribution is 5.76. The first kappa shape index (κ1) is 15.1. The van der Waals surface area contributed by atoms with Gasteiger partial charge in [-0.15, -0.1) is 0 Å². The molecule has 0 unspecified atom stereocenters. The number of carbonyl (C=O) groups is 1. The highest BCUT2D eigenvalue weighted by Crippen LogP contribution is 2.12. The maximum absolute atomic E-state index is 13.1. The molecule has 110 valence electrons. The van der Waals surface area contributed by atoms with Crippen molar-refractivity contribution in [2.75, 3.05) is 0 Å². The number of amides is 1. The molecule has 1 atom stereocenters. The van der Waals surface area contributed by atoms with Gasteiger partial charge in [0.1, 0.15) is 0 Å². The van der Waals surface area contributed by atoms with Crippen LogP contribution in [-0.4, -0.2) is 10.9 Å². The number of hydrogen-bond donors (Lipinski definition) is 1. The van der Waals surface area contributed by atoms with Crippen molar-refractivity contribution in [2.24, 2.45) is 0 Å². The van der Waals surface area contributed by atoms with Crippen LogP contribution in [0.5, 0.6) is 0 Å². The Balaban J connectivity index is 1.86. The van der Waals surface area contributed by atoms with Gasteiger partial charge in [0.2, 0.25) is 5.91 Å². The number of nitrogens with one attached hydrogen (secondary N) is 1. The molecule has 1 aromatic carbocycles. The lowest BCUT2D eigenvalue weighted by molar-refractivity contribution is -0.121. The molecule has 0 radical (unpaired) electrons. The van der Waals surface area contributed by atoms with Crippen LogP contribution in [-0.2, 0) is 11.2 Å². The fourth-order valence-corrected chi connectivity index (χ4v) is 2.00. The Morgan fingerprint density at radius 1 is 1.19 bits per heavy atom. The SMILES string of the molecule is C[C@H](NC(=O)CCc1ccc(F)c(F)c1)c1ccncc1. The average Bonchev–Trinajstić information content (AvgIpc) is 2.49. The summed E-state index contributed by atoms with van der Waals surface area (Å²) in [5.74, 6) is -1.91. The van der Waals surface area contributed by atoms with Crippen LogP contribution in [0, 0.1) is 11.6 Å². The van der Waals surface area contributed by atoms with Gasteiger partial charge < -0.3 is 5.32 Å². The second kappa shape index (κ2) is 6.92. The number of carbonyl (C=O) groups excluding carboxylic acids is 1. The molecule has 0 bridgehead atoms. The minimum Gasteiger partial charge on any atom is -0.350 e. The number of pyridine rings is 1. The fourth-order valence-electron chi connectivity index (χ4n) is 2.00. The van der Waals surface area contributed by atoms with E-state index in [4.69, 9.17) is 0 Å². The van der Waals surface area contributed by atoms with Gasteiger partial charge in [0, 0.05) is 18.8 Å². The number of halogens is 2. The summed E-state index contributed by atoms with van der Waals surface area (Å²) in [5.41, 5.74) is 1.56. The Morgan fingerprint density at radius 2 is 1.90 bits per heavy atom. The van der Waals surface area contributed by atoms with Crippen LogP contribution in [0.4, 0.5) is 8.78 Å². The number of rotatable bonds is 5. The number of nitrogens with zero attached hydrogens (tertiary/aromatic N) is 1. The smallest absolute Gasteiger partial charge is 0.220 e. The number of benzene rings is 1. The lowest BCUT2D eigenvalue weighted by Gasteiger charge is -2.14. The molecule has 0 saturated heterocycles. The summed E-state index contributed by atoms with van der Waals surface area (Å²) in [7, 11) is 0. The molecule has 0 aliphatic carbocycles. The van der Waals surface area contributed by atoms with Crippen molar-refractivity contribution < 1.29 is 13.6 Å². The minimum atomic E-state index is -0.891. The van der Waals surface area contributed by atoms with E-state index < -0.39 is 11.6 Å². The first-order valence-corrected chi connectivity index (χ1v) is 6.69. The van der Waals surface area contributed by atoms with Crippen LogP contribution in [0.25, 0.3) is 0 Å². The average molecular weight is 290 g/mol. The summed E-state index contributed by atoms with van der Waals surface area (Å²) in [4.78, 5) is 15.8. The van der Waals surface area contributed by atoms with E-state index >= 15 is 0 Å². The van der Waals surface area contributed by atoms with E-state index in [1.807, 2.05) is 19.1 Å². The monoisotopic (exact) mass is 290 g/mol. The Kier molecular flexibility index (Phi) is 4.98. The molecule has 2 aromatic rings. The van der Waals surface area contributed by atoms with E-state index in [9.17, 15) is 13.6 Å².